The fourth-order valence-electron chi connectivity index (χ4n) is 3.27. The lowest BCUT2D eigenvalue weighted by atomic mass is 10.1. The molecule has 0 saturated carbocycles. The third-order valence-electron chi connectivity index (χ3n) is 4.90. The largest absolute Gasteiger partial charge is 0.422 e. The number of hydrogen-bond acceptors (Lipinski definition) is 4. The molecule has 33 heavy (non-hydrogen) atoms. The van der Waals surface area contributed by atoms with Crippen LogP contribution in [0.4, 0.5) is 0 Å². The van der Waals surface area contributed by atoms with Crippen molar-refractivity contribution >= 4 is 29.2 Å². The molecule has 1 N–H and O–H groups in total. The summed E-state index contributed by atoms with van der Waals surface area (Å²) in [5.41, 5.74) is 5.21. The fourth-order valence-corrected chi connectivity index (χ4v) is 3.46. The van der Waals surface area contributed by atoms with Gasteiger partial charge in [-0.2, -0.15) is 5.10 Å². The maximum absolute atomic E-state index is 12.8. The first-order valence-corrected chi connectivity index (χ1v) is 10.5. The molecule has 1 amide bonds. The summed E-state index contributed by atoms with van der Waals surface area (Å²) < 4.78 is 7.43. The van der Waals surface area contributed by atoms with Crippen molar-refractivity contribution in [3.63, 3.8) is 0 Å². The van der Waals surface area contributed by atoms with Crippen LogP contribution in [0.2, 0.25) is 5.02 Å². The molecule has 0 aliphatic heterocycles. The molecule has 0 bridgehead atoms. The summed E-state index contributed by atoms with van der Waals surface area (Å²) in [6, 6.07) is 24.5. The van der Waals surface area contributed by atoms with Gasteiger partial charge in [-0.15, -0.1) is 0 Å². The Bertz CT molecular complexity index is 1330. The first-order chi connectivity index (χ1) is 16.0. The van der Waals surface area contributed by atoms with Crippen molar-refractivity contribution < 1.29 is 14.3 Å². The molecule has 0 spiro atoms. The maximum atomic E-state index is 12.8. The molecule has 0 aliphatic rings. The topological polar surface area (TPSA) is 72.7 Å². The van der Waals surface area contributed by atoms with Crippen LogP contribution >= 0.6 is 11.6 Å². The molecule has 1 aromatic heterocycles. The summed E-state index contributed by atoms with van der Waals surface area (Å²) in [5, 5.41) is 4.69. The number of rotatable bonds is 6. The van der Waals surface area contributed by atoms with Crippen molar-refractivity contribution in [2.24, 2.45) is 5.10 Å². The molecule has 0 saturated heterocycles. The number of nitrogens with zero attached hydrogens (tertiary/aromatic N) is 2. The molecule has 164 valence electrons. The minimum atomic E-state index is -0.539. The van der Waals surface area contributed by atoms with E-state index in [0.29, 0.717) is 33.2 Å². The lowest BCUT2D eigenvalue weighted by Gasteiger charge is -2.11. The van der Waals surface area contributed by atoms with Crippen LogP contribution < -0.4 is 10.2 Å². The Kier molecular flexibility index (Phi) is 6.66. The van der Waals surface area contributed by atoms with Crippen molar-refractivity contribution in [1.82, 2.24) is 9.99 Å². The van der Waals surface area contributed by atoms with E-state index < -0.39 is 5.97 Å². The van der Waals surface area contributed by atoms with Crippen LogP contribution in [-0.2, 0) is 0 Å². The summed E-state index contributed by atoms with van der Waals surface area (Å²) in [5.74, 6) is -0.569. The summed E-state index contributed by atoms with van der Waals surface area (Å²) in [6.07, 6.45) is 3.73. The van der Waals surface area contributed by atoms with Crippen LogP contribution in [0.25, 0.3) is 5.69 Å². The number of para-hydroxylation sites is 2. The van der Waals surface area contributed by atoms with Crippen LogP contribution in [0.1, 0.15) is 33.2 Å². The number of ether oxygens (including phenoxy) is 1. The lowest BCUT2D eigenvalue weighted by Crippen LogP contribution is -2.21. The van der Waals surface area contributed by atoms with E-state index in [0.717, 1.165) is 5.69 Å². The number of hydrazone groups is 1. The fraction of sp³-hybridized carbons (Fsp3) is 0.0385. The van der Waals surface area contributed by atoms with Crippen molar-refractivity contribution in [3.8, 4) is 11.4 Å². The van der Waals surface area contributed by atoms with Crippen LogP contribution in [0.5, 0.6) is 5.75 Å². The number of carbonyl (C=O) groups excluding carboxylic acids is 2. The summed E-state index contributed by atoms with van der Waals surface area (Å²) in [7, 11) is 0. The van der Waals surface area contributed by atoms with Gasteiger partial charge in [0.15, 0.2) is 0 Å². The van der Waals surface area contributed by atoms with E-state index in [2.05, 4.69) is 10.5 Å². The van der Waals surface area contributed by atoms with E-state index in [9.17, 15) is 9.59 Å². The Hall–Kier alpha value is -4.16. The van der Waals surface area contributed by atoms with E-state index in [-0.39, 0.29) is 5.91 Å². The highest BCUT2D eigenvalue weighted by atomic mass is 35.5. The zero-order valence-electron chi connectivity index (χ0n) is 17.7. The number of esters is 1. The van der Waals surface area contributed by atoms with Gasteiger partial charge in [0.05, 0.1) is 22.5 Å². The van der Waals surface area contributed by atoms with Gasteiger partial charge >= 0.3 is 5.97 Å². The smallest absolute Gasteiger partial charge is 0.343 e. The van der Waals surface area contributed by atoms with Crippen LogP contribution in [0.3, 0.4) is 0 Å². The number of nitrogens with one attached hydrogen (secondary N) is 1. The highest BCUT2D eigenvalue weighted by Gasteiger charge is 2.15. The highest BCUT2D eigenvalue weighted by molar-refractivity contribution is 6.30. The number of benzene rings is 3. The van der Waals surface area contributed by atoms with Crippen molar-refractivity contribution in [2.75, 3.05) is 0 Å². The van der Waals surface area contributed by atoms with Crippen molar-refractivity contribution in [3.05, 3.63) is 119 Å². The van der Waals surface area contributed by atoms with E-state index in [1.807, 2.05) is 41.2 Å². The second-order valence-electron chi connectivity index (χ2n) is 7.14. The van der Waals surface area contributed by atoms with Gasteiger partial charge in [0.25, 0.3) is 5.91 Å². The molecule has 0 aliphatic carbocycles. The van der Waals surface area contributed by atoms with Gasteiger partial charge in [-0.1, -0.05) is 41.9 Å². The Labute approximate surface area is 196 Å². The SMILES string of the molecule is C/C(=N\NC(=O)c1ccccc1-n1cccc1)c1ccccc1OC(=O)c1cccc(Cl)c1. The van der Waals surface area contributed by atoms with E-state index >= 15 is 0 Å². The third-order valence-corrected chi connectivity index (χ3v) is 5.13. The second-order valence-corrected chi connectivity index (χ2v) is 7.58. The Morgan fingerprint density at radius 3 is 2.33 bits per heavy atom. The van der Waals surface area contributed by atoms with Gasteiger partial charge in [-0.3, -0.25) is 4.79 Å². The standard InChI is InChI=1S/C26H20ClN3O3/c1-18(28-29-25(31)22-12-2-4-13-23(22)30-15-6-7-16-30)21-11-3-5-14-24(21)33-26(32)19-9-8-10-20(27)17-19/h2-17H,1H3,(H,29,31)/b28-18+. The molecule has 4 rings (SSSR count). The molecular weight excluding hydrogens is 438 g/mol. The number of aromatic nitrogens is 1. The van der Waals surface area contributed by atoms with Gasteiger partial charge in [0.1, 0.15) is 5.75 Å². The van der Waals surface area contributed by atoms with Crippen molar-refractivity contribution in [1.29, 1.82) is 0 Å². The monoisotopic (exact) mass is 457 g/mol. The normalized spacial score (nSPS) is 11.2. The predicted octanol–water partition coefficient (Wildman–Crippen LogP) is 5.50. The summed E-state index contributed by atoms with van der Waals surface area (Å²) in [6.45, 7) is 1.73. The van der Waals surface area contributed by atoms with E-state index in [1.165, 1.54) is 6.07 Å². The van der Waals surface area contributed by atoms with Gasteiger partial charge < -0.3 is 9.30 Å². The average Bonchev–Trinajstić information content (AvgIpc) is 3.37. The van der Waals surface area contributed by atoms with Crippen LogP contribution in [0.15, 0.2) is 102 Å². The molecular formula is C26H20ClN3O3. The molecule has 0 unspecified atom stereocenters. The van der Waals surface area contributed by atoms with E-state index in [1.54, 1.807) is 61.5 Å². The molecule has 0 radical (unpaired) electrons. The van der Waals surface area contributed by atoms with Gasteiger partial charge in [-0.25, -0.2) is 10.2 Å². The number of amides is 1. The molecule has 0 atom stereocenters. The molecule has 1 heterocycles. The zero-order chi connectivity index (χ0) is 23.2. The minimum Gasteiger partial charge on any atom is -0.422 e. The quantitative estimate of drug-likeness (QED) is 0.180. The summed E-state index contributed by atoms with van der Waals surface area (Å²) in [4.78, 5) is 25.4. The average molecular weight is 458 g/mol. The van der Waals surface area contributed by atoms with Gasteiger partial charge in [-0.05, 0) is 61.5 Å². The molecule has 3 aromatic carbocycles. The third kappa shape index (κ3) is 5.19. The number of hydrogen-bond donors (Lipinski definition) is 1. The first kappa shape index (κ1) is 22.0. The van der Waals surface area contributed by atoms with E-state index in [4.69, 9.17) is 16.3 Å². The first-order valence-electron chi connectivity index (χ1n) is 10.2. The molecule has 7 heteroatoms. The van der Waals surface area contributed by atoms with Crippen LogP contribution in [0, 0.1) is 0 Å². The summed E-state index contributed by atoms with van der Waals surface area (Å²) >= 11 is 5.97. The maximum Gasteiger partial charge on any atom is 0.343 e. The van der Waals surface area contributed by atoms with Crippen molar-refractivity contribution in [2.45, 2.75) is 6.92 Å². The molecule has 6 nitrogen and oxygen atoms in total. The van der Waals surface area contributed by atoms with Gasteiger partial charge in [0.2, 0.25) is 0 Å². The number of carbonyl (C=O) groups is 2. The van der Waals surface area contributed by atoms with Crippen LogP contribution in [-0.4, -0.2) is 22.2 Å². The zero-order valence-corrected chi connectivity index (χ0v) is 18.5. The minimum absolute atomic E-state index is 0.325. The Morgan fingerprint density at radius 2 is 1.58 bits per heavy atom. The predicted molar refractivity (Wildman–Crippen MR) is 128 cm³/mol. The lowest BCUT2D eigenvalue weighted by molar-refractivity contribution is 0.0734. The second kappa shape index (κ2) is 9.97. The highest BCUT2D eigenvalue weighted by Crippen LogP contribution is 2.21. The molecule has 0 fully saturated rings. The van der Waals surface area contributed by atoms with Gasteiger partial charge in [0, 0.05) is 23.0 Å². The Balaban J connectivity index is 1.54. The number of halogens is 1. The Morgan fingerprint density at radius 1 is 0.879 bits per heavy atom. The molecule has 4 aromatic rings.